The predicted octanol–water partition coefficient (Wildman–Crippen LogP) is 2.47. The Balaban J connectivity index is 2.43. The first kappa shape index (κ1) is 9.40. The molecule has 2 rings (SSSR count). The summed E-state index contributed by atoms with van der Waals surface area (Å²) in [5.41, 5.74) is 3.61. The Hall–Kier alpha value is -1.16. The van der Waals surface area contributed by atoms with Crippen LogP contribution in [0.25, 0.3) is 5.69 Å². The van der Waals surface area contributed by atoms with E-state index in [1.165, 1.54) is 17.5 Å². The van der Waals surface area contributed by atoms with Crippen LogP contribution in [0, 0.1) is 6.92 Å². The van der Waals surface area contributed by atoms with E-state index in [0.29, 0.717) is 0 Å². The molecule has 1 heterocycles. The van der Waals surface area contributed by atoms with E-state index in [1.54, 1.807) is 11.0 Å². The van der Waals surface area contributed by atoms with Gasteiger partial charge in [0.1, 0.15) is 12.7 Å². The Labute approximate surface area is 90.9 Å². The number of aromatic nitrogens is 3. The summed E-state index contributed by atoms with van der Waals surface area (Å²) in [6, 6.07) is 6.24. The fourth-order valence-electron chi connectivity index (χ4n) is 1.31. The maximum absolute atomic E-state index is 4.08. The van der Waals surface area contributed by atoms with Crippen LogP contribution in [0.5, 0.6) is 0 Å². The van der Waals surface area contributed by atoms with Gasteiger partial charge in [0.2, 0.25) is 0 Å². The summed E-state index contributed by atoms with van der Waals surface area (Å²) in [5.74, 6) is 0. The topological polar surface area (TPSA) is 30.7 Å². The molecule has 72 valence electrons. The van der Waals surface area contributed by atoms with Gasteiger partial charge in [0.05, 0.1) is 5.69 Å². The Morgan fingerprint density at radius 1 is 1.43 bits per heavy atom. The van der Waals surface area contributed by atoms with Crippen molar-refractivity contribution in [3.8, 4) is 5.69 Å². The summed E-state index contributed by atoms with van der Waals surface area (Å²) in [4.78, 5) is 3.91. The molecule has 3 nitrogen and oxygen atoms in total. The molecule has 1 aromatic heterocycles. The molecule has 0 amide bonds. The highest BCUT2D eigenvalue weighted by Crippen LogP contribution is 2.15. The lowest BCUT2D eigenvalue weighted by atomic mass is 10.1. The van der Waals surface area contributed by atoms with Crippen LogP contribution in [0.3, 0.4) is 0 Å². The molecule has 0 spiro atoms. The number of hydrogen-bond donors (Lipinski definition) is 0. The molecule has 0 atom stereocenters. The van der Waals surface area contributed by atoms with Crippen molar-refractivity contribution >= 4 is 15.9 Å². The molecule has 0 N–H and O–H groups in total. The maximum Gasteiger partial charge on any atom is 0.138 e. The minimum Gasteiger partial charge on any atom is -0.223 e. The van der Waals surface area contributed by atoms with Crippen LogP contribution in [-0.4, -0.2) is 14.8 Å². The molecule has 0 aliphatic heterocycles. The molecule has 0 unspecified atom stereocenters. The van der Waals surface area contributed by atoms with Crippen molar-refractivity contribution in [1.29, 1.82) is 0 Å². The van der Waals surface area contributed by atoms with Crippen molar-refractivity contribution in [2.24, 2.45) is 0 Å². The van der Waals surface area contributed by atoms with Gasteiger partial charge in [-0.1, -0.05) is 22.0 Å². The predicted molar refractivity (Wildman–Crippen MR) is 58.7 cm³/mol. The second-order valence-corrected chi connectivity index (χ2v) is 3.65. The van der Waals surface area contributed by atoms with Gasteiger partial charge in [-0.15, -0.1) is 0 Å². The molecule has 2 aromatic rings. The average Bonchev–Trinajstić information content (AvgIpc) is 2.70. The largest absolute Gasteiger partial charge is 0.223 e. The molecule has 0 aliphatic rings. The molecule has 0 bridgehead atoms. The SMILES string of the molecule is Cc1cc(-n2cncn2)ccc1CBr. The van der Waals surface area contributed by atoms with Gasteiger partial charge in [-0.2, -0.15) is 5.10 Å². The Morgan fingerprint density at radius 2 is 2.29 bits per heavy atom. The zero-order chi connectivity index (χ0) is 9.97. The maximum atomic E-state index is 4.08. The Bertz CT molecular complexity index is 423. The van der Waals surface area contributed by atoms with Gasteiger partial charge in [0, 0.05) is 5.33 Å². The second kappa shape index (κ2) is 3.92. The summed E-state index contributed by atoms with van der Waals surface area (Å²) in [6.45, 7) is 2.09. The Morgan fingerprint density at radius 3 is 2.86 bits per heavy atom. The van der Waals surface area contributed by atoms with Gasteiger partial charge in [-0.05, 0) is 30.2 Å². The third-order valence-electron chi connectivity index (χ3n) is 2.15. The van der Waals surface area contributed by atoms with Crippen molar-refractivity contribution in [3.63, 3.8) is 0 Å². The molecule has 0 saturated carbocycles. The smallest absolute Gasteiger partial charge is 0.138 e. The molecule has 0 saturated heterocycles. The molecule has 4 heteroatoms. The van der Waals surface area contributed by atoms with Gasteiger partial charge >= 0.3 is 0 Å². The van der Waals surface area contributed by atoms with Crippen molar-refractivity contribution in [2.75, 3.05) is 0 Å². The van der Waals surface area contributed by atoms with Gasteiger partial charge < -0.3 is 0 Å². The van der Waals surface area contributed by atoms with Gasteiger partial charge in [-0.25, -0.2) is 9.67 Å². The fraction of sp³-hybridized carbons (Fsp3) is 0.200. The minimum atomic E-state index is 0.885. The summed E-state index contributed by atoms with van der Waals surface area (Å²) < 4.78 is 1.75. The summed E-state index contributed by atoms with van der Waals surface area (Å²) in [5, 5.41) is 4.96. The zero-order valence-electron chi connectivity index (χ0n) is 7.81. The Kier molecular flexibility index (Phi) is 2.63. The number of nitrogens with zero attached hydrogens (tertiary/aromatic N) is 3. The van der Waals surface area contributed by atoms with E-state index >= 15 is 0 Å². The number of hydrogen-bond acceptors (Lipinski definition) is 2. The van der Waals surface area contributed by atoms with Crippen molar-refractivity contribution in [2.45, 2.75) is 12.3 Å². The molecule has 0 aliphatic carbocycles. The molecule has 1 aromatic carbocycles. The van der Waals surface area contributed by atoms with E-state index in [9.17, 15) is 0 Å². The van der Waals surface area contributed by atoms with Crippen LogP contribution in [0.4, 0.5) is 0 Å². The number of halogens is 1. The highest BCUT2D eigenvalue weighted by atomic mass is 79.9. The summed E-state index contributed by atoms with van der Waals surface area (Å²) in [7, 11) is 0. The number of alkyl halides is 1. The normalized spacial score (nSPS) is 10.4. The van der Waals surface area contributed by atoms with E-state index in [4.69, 9.17) is 0 Å². The van der Waals surface area contributed by atoms with Crippen LogP contribution in [-0.2, 0) is 5.33 Å². The lowest BCUT2D eigenvalue weighted by Gasteiger charge is -2.05. The highest BCUT2D eigenvalue weighted by Gasteiger charge is 2.00. The molecule has 0 radical (unpaired) electrons. The van der Waals surface area contributed by atoms with E-state index in [2.05, 4.69) is 45.1 Å². The lowest BCUT2D eigenvalue weighted by Crippen LogP contribution is -1.96. The van der Waals surface area contributed by atoms with Crippen LogP contribution < -0.4 is 0 Å². The van der Waals surface area contributed by atoms with Crippen LogP contribution >= 0.6 is 15.9 Å². The molecule has 14 heavy (non-hydrogen) atoms. The second-order valence-electron chi connectivity index (χ2n) is 3.08. The lowest BCUT2D eigenvalue weighted by molar-refractivity contribution is 0.876. The van der Waals surface area contributed by atoms with E-state index in [0.717, 1.165) is 11.0 Å². The van der Waals surface area contributed by atoms with E-state index in [-0.39, 0.29) is 0 Å². The van der Waals surface area contributed by atoms with E-state index < -0.39 is 0 Å². The minimum absolute atomic E-state index is 0.885. The quantitative estimate of drug-likeness (QED) is 0.768. The average molecular weight is 252 g/mol. The van der Waals surface area contributed by atoms with Crippen molar-refractivity contribution in [3.05, 3.63) is 42.0 Å². The van der Waals surface area contributed by atoms with Crippen molar-refractivity contribution < 1.29 is 0 Å². The molecular weight excluding hydrogens is 242 g/mol. The third kappa shape index (κ3) is 1.70. The molecular formula is C10H10BrN3. The van der Waals surface area contributed by atoms with Crippen molar-refractivity contribution in [1.82, 2.24) is 14.8 Å². The van der Waals surface area contributed by atoms with E-state index in [1.807, 2.05) is 6.07 Å². The number of rotatable bonds is 2. The summed E-state index contributed by atoms with van der Waals surface area (Å²) >= 11 is 3.45. The zero-order valence-corrected chi connectivity index (χ0v) is 9.40. The van der Waals surface area contributed by atoms with Gasteiger partial charge in [-0.3, -0.25) is 0 Å². The van der Waals surface area contributed by atoms with Crippen LogP contribution in [0.2, 0.25) is 0 Å². The number of benzene rings is 1. The van der Waals surface area contributed by atoms with Crippen LogP contribution in [0.15, 0.2) is 30.9 Å². The first-order valence-electron chi connectivity index (χ1n) is 4.32. The van der Waals surface area contributed by atoms with Gasteiger partial charge in [0.25, 0.3) is 0 Å². The van der Waals surface area contributed by atoms with Crippen LogP contribution in [0.1, 0.15) is 11.1 Å². The molecule has 0 fully saturated rings. The standard InChI is InChI=1S/C10H10BrN3/c1-8-4-10(3-2-9(8)5-11)14-7-12-6-13-14/h2-4,6-7H,5H2,1H3. The highest BCUT2D eigenvalue weighted by molar-refractivity contribution is 9.08. The fourth-order valence-corrected chi connectivity index (χ4v) is 1.94. The number of aryl methyl sites for hydroxylation is 1. The van der Waals surface area contributed by atoms with Gasteiger partial charge in [0.15, 0.2) is 0 Å². The first-order chi connectivity index (χ1) is 6.81. The third-order valence-corrected chi connectivity index (χ3v) is 2.76. The first-order valence-corrected chi connectivity index (χ1v) is 5.44. The summed E-state index contributed by atoms with van der Waals surface area (Å²) in [6.07, 6.45) is 3.23. The monoisotopic (exact) mass is 251 g/mol.